The third-order valence-corrected chi connectivity index (χ3v) is 5.76. The van der Waals surface area contributed by atoms with Gasteiger partial charge in [0.2, 0.25) is 0 Å². The fraction of sp³-hybridized carbons (Fsp3) is 0.909. The average Bonchev–Trinajstić information content (AvgIpc) is 3.36. The number of hydrogen-bond donors (Lipinski definition) is 1. The number of methoxy groups -OCH3 is 1. The van der Waals surface area contributed by atoms with Crippen LogP contribution in [0.4, 0.5) is 0 Å². The van der Waals surface area contributed by atoms with E-state index in [1.807, 2.05) is 6.92 Å². The molecule has 1 unspecified atom stereocenters. The first-order chi connectivity index (χ1) is 12.2. The SMILES string of the molecule is COC[C@H]1O[C@@H](C)C(OCCCCC2CCCC2)[C@H]1O.[CH-]1CCCC1.[CH3-].[Fe+2]. The molecule has 2 saturated carbocycles. The van der Waals surface area contributed by atoms with E-state index in [1.54, 1.807) is 7.11 Å². The normalized spacial score (nSPS) is 30.3. The van der Waals surface area contributed by atoms with Gasteiger partial charge in [-0.25, -0.2) is 0 Å². The van der Waals surface area contributed by atoms with Crippen molar-refractivity contribution >= 4 is 0 Å². The molecule has 3 rings (SSSR count). The largest absolute Gasteiger partial charge is 2.00 e. The molecule has 2 aliphatic carbocycles. The molecule has 1 N–H and O–H groups in total. The summed E-state index contributed by atoms with van der Waals surface area (Å²) in [6.07, 6.45) is 16.3. The van der Waals surface area contributed by atoms with Crippen LogP contribution in [0.3, 0.4) is 0 Å². The molecule has 0 spiro atoms. The first kappa shape index (κ1) is 27.4. The maximum Gasteiger partial charge on any atom is 2.00 e. The van der Waals surface area contributed by atoms with Crippen molar-refractivity contribution in [2.75, 3.05) is 20.3 Å². The second-order valence-electron chi connectivity index (χ2n) is 7.88. The van der Waals surface area contributed by atoms with Gasteiger partial charge >= 0.3 is 17.1 Å². The minimum absolute atomic E-state index is 0. The van der Waals surface area contributed by atoms with Crippen molar-refractivity contribution in [3.8, 4) is 0 Å². The summed E-state index contributed by atoms with van der Waals surface area (Å²) in [6, 6.07) is 0. The van der Waals surface area contributed by atoms with Crippen LogP contribution >= 0.6 is 0 Å². The number of aliphatic hydroxyl groups is 1. The van der Waals surface area contributed by atoms with E-state index in [2.05, 4.69) is 6.42 Å². The molecule has 0 aromatic rings. The Kier molecular flexibility index (Phi) is 16.4. The molecule has 4 atom stereocenters. The third-order valence-electron chi connectivity index (χ3n) is 5.76. The summed E-state index contributed by atoms with van der Waals surface area (Å²) in [5, 5.41) is 10.1. The quantitative estimate of drug-likeness (QED) is 0.346. The summed E-state index contributed by atoms with van der Waals surface area (Å²) >= 11 is 0. The van der Waals surface area contributed by atoms with Gasteiger partial charge < -0.3 is 33.2 Å². The monoisotopic (exact) mass is 426 g/mol. The molecular weight excluding hydrogens is 384 g/mol. The molecule has 1 heterocycles. The zero-order valence-electron chi connectivity index (χ0n) is 17.7. The molecule has 0 aromatic carbocycles. The number of hydrogen-bond acceptors (Lipinski definition) is 4. The maximum atomic E-state index is 10.1. The molecular formula is C22H42FeO4. The van der Waals surface area contributed by atoms with Gasteiger partial charge in [-0.3, -0.25) is 0 Å². The molecule has 3 aliphatic rings. The van der Waals surface area contributed by atoms with Crippen molar-refractivity contribution in [1.82, 2.24) is 0 Å². The Bertz CT molecular complexity index is 325. The Hall–Kier alpha value is 0.359. The number of unbranched alkanes of at least 4 members (excludes halogenated alkanes) is 1. The van der Waals surface area contributed by atoms with Gasteiger partial charge in [0.25, 0.3) is 0 Å². The number of aliphatic hydroxyl groups excluding tert-OH is 1. The predicted octanol–water partition coefficient (Wildman–Crippen LogP) is 4.74. The second kappa shape index (κ2) is 16.2. The van der Waals surface area contributed by atoms with Crippen molar-refractivity contribution in [3.05, 3.63) is 13.8 Å². The van der Waals surface area contributed by atoms with Crippen LogP contribution in [0.2, 0.25) is 0 Å². The molecule has 3 fully saturated rings. The fourth-order valence-corrected chi connectivity index (χ4v) is 4.23. The molecule has 0 amide bonds. The number of rotatable bonds is 8. The van der Waals surface area contributed by atoms with Crippen LogP contribution in [0.5, 0.6) is 0 Å². The van der Waals surface area contributed by atoms with Crippen LogP contribution in [-0.2, 0) is 31.3 Å². The van der Waals surface area contributed by atoms with Crippen LogP contribution in [-0.4, -0.2) is 49.8 Å². The smallest absolute Gasteiger partial charge is 0.387 e. The maximum absolute atomic E-state index is 10.1. The van der Waals surface area contributed by atoms with E-state index in [0.29, 0.717) is 6.61 Å². The minimum Gasteiger partial charge on any atom is -0.387 e. The first-order valence-electron chi connectivity index (χ1n) is 10.5. The second-order valence-corrected chi connectivity index (χ2v) is 7.88. The first-order valence-corrected chi connectivity index (χ1v) is 10.5. The zero-order chi connectivity index (χ0) is 17.9. The van der Waals surface area contributed by atoms with Crippen molar-refractivity contribution in [1.29, 1.82) is 0 Å². The van der Waals surface area contributed by atoms with Gasteiger partial charge in [-0.05, 0) is 19.3 Å². The Morgan fingerprint density at radius 1 is 1.07 bits per heavy atom. The Morgan fingerprint density at radius 2 is 1.74 bits per heavy atom. The van der Waals surface area contributed by atoms with E-state index in [9.17, 15) is 5.11 Å². The van der Waals surface area contributed by atoms with Gasteiger partial charge in [0.05, 0.1) is 12.7 Å². The summed E-state index contributed by atoms with van der Waals surface area (Å²) in [6.45, 7) is 3.11. The van der Waals surface area contributed by atoms with E-state index in [1.165, 1.54) is 64.2 Å². The standard InChI is InChI=1S/C16H30O4.C5H9.CH3.Fe/c1-12-16(15(17)14(20-12)11-18-2)19-10-6-5-9-13-7-3-4-8-13;1-2-4-5-3-1;;/h12-17H,3-11H2,1-2H3;1H,2-5H2;1H3;/q;2*-1;+2/t12-,14+,15-,16?;;;/m0.../s1. The Labute approximate surface area is 178 Å². The molecule has 1 aliphatic heterocycles. The van der Waals surface area contributed by atoms with Crippen molar-refractivity contribution < 1.29 is 36.4 Å². The summed E-state index contributed by atoms with van der Waals surface area (Å²) in [7, 11) is 1.62. The zero-order valence-corrected chi connectivity index (χ0v) is 18.8. The fourth-order valence-electron chi connectivity index (χ4n) is 4.23. The van der Waals surface area contributed by atoms with Crippen molar-refractivity contribution in [2.24, 2.45) is 5.92 Å². The molecule has 0 bridgehead atoms. The summed E-state index contributed by atoms with van der Waals surface area (Å²) in [5.74, 6) is 0.959. The van der Waals surface area contributed by atoms with Crippen LogP contribution in [0.1, 0.15) is 77.6 Å². The molecule has 4 nitrogen and oxygen atoms in total. The van der Waals surface area contributed by atoms with E-state index in [-0.39, 0.29) is 42.8 Å². The van der Waals surface area contributed by atoms with E-state index >= 15 is 0 Å². The minimum atomic E-state index is -0.570. The van der Waals surface area contributed by atoms with E-state index in [4.69, 9.17) is 14.2 Å². The molecule has 27 heavy (non-hydrogen) atoms. The summed E-state index contributed by atoms with van der Waals surface area (Å²) < 4.78 is 16.6. The van der Waals surface area contributed by atoms with Gasteiger partial charge in [0, 0.05) is 13.7 Å². The predicted molar refractivity (Wildman–Crippen MR) is 107 cm³/mol. The Balaban J connectivity index is 0.000000839. The van der Waals surface area contributed by atoms with Crippen LogP contribution < -0.4 is 0 Å². The van der Waals surface area contributed by atoms with Gasteiger partial charge in [0.15, 0.2) is 0 Å². The molecule has 162 valence electrons. The van der Waals surface area contributed by atoms with Crippen LogP contribution in [0, 0.1) is 19.8 Å². The van der Waals surface area contributed by atoms with Gasteiger partial charge in [-0.1, -0.05) is 51.4 Å². The van der Waals surface area contributed by atoms with Crippen LogP contribution in [0.15, 0.2) is 0 Å². The van der Waals surface area contributed by atoms with Crippen molar-refractivity contribution in [3.63, 3.8) is 0 Å². The third kappa shape index (κ3) is 10.1. The van der Waals surface area contributed by atoms with Gasteiger partial charge in [-0.15, -0.1) is 0 Å². The topological polar surface area (TPSA) is 47.9 Å². The number of ether oxygens (including phenoxy) is 3. The molecule has 5 heteroatoms. The van der Waals surface area contributed by atoms with Gasteiger partial charge in [-0.2, -0.15) is 12.8 Å². The molecule has 1 saturated heterocycles. The van der Waals surface area contributed by atoms with E-state index in [0.717, 1.165) is 18.9 Å². The van der Waals surface area contributed by atoms with Gasteiger partial charge in [0.1, 0.15) is 18.3 Å². The van der Waals surface area contributed by atoms with Crippen LogP contribution in [0.25, 0.3) is 0 Å². The average molecular weight is 426 g/mol. The Morgan fingerprint density at radius 3 is 2.30 bits per heavy atom. The summed E-state index contributed by atoms with van der Waals surface area (Å²) in [5.41, 5.74) is 0. The molecule has 0 aromatic heterocycles. The van der Waals surface area contributed by atoms with Crippen molar-refractivity contribution in [2.45, 2.75) is 102 Å². The summed E-state index contributed by atoms with van der Waals surface area (Å²) in [4.78, 5) is 0. The van der Waals surface area contributed by atoms with E-state index < -0.39 is 6.10 Å². The molecule has 0 radical (unpaired) electrons.